The molecule has 0 aliphatic heterocycles. The molecule has 0 amide bonds. The van der Waals surface area contributed by atoms with Crippen molar-refractivity contribution in [2.24, 2.45) is 29.1 Å². The largest absolute Gasteiger partial charge is 0.508 e. The Hall–Kier alpha value is -1.02. The van der Waals surface area contributed by atoms with Gasteiger partial charge in [-0.05, 0) is 61.8 Å². The van der Waals surface area contributed by atoms with Gasteiger partial charge in [-0.1, -0.05) is 18.2 Å². The van der Waals surface area contributed by atoms with Crippen molar-refractivity contribution in [1.82, 2.24) is 0 Å². The van der Waals surface area contributed by atoms with Crippen LogP contribution in [0.1, 0.15) is 37.7 Å². The van der Waals surface area contributed by atoms with Gasteiger partial charge in [-0.15, -0.1) is 0 Å². The monoisotopic (exact) mass is 270 g/mol. The highest BCUT2D eigenvalue weighted by Crippen LogP contribution is 2.76. The molecule has 6 rings (SSSR count). The van der Waals surface area contributed by atoms with Crippen LogP contribution in [0.2, 0.25) is 0 Å². The van der Waals surface area contributed by atoms with Gasteiger partial charge in [-0.2, -0.15) is 0 Å². The van der Waals surface area contributed by atoms with Crippen molar-refractivity contribution in [3.8, 4) is 5.75 Å². The Balaban J connectivity index is 1.34. The molecule has 5 aliphatic carbocycles. The molecule has 0 heterocycles. The minimum Gasteiger partial charge on any atom is -0.508 e. The normalized spacial score (nSPS) is 47.3. The summed E-state index contributed by atoms with van der Waals surface area (Å²) in [5, 5.41) is 9.86. The maximum Gasteiger partial charge on any atom is 0.121 e. The fourth-order valence-corrected chi connectivity index (χ4v) is 6.19. The van der Waals surface area contributed by atoms with Crippen molar-refractivity contribution < 1.29 is 9.84 Å². The molecular weight excluding hydrogens is 248 g/mol. The second-order valence-corrected chi connectivity index (χ2v) is 7.73. The van der Waals surface area contributed by atoms with Crippen LogP contribution in [0.4, 0.5) is 0 Å². The summed E-state index contributed by atoms with van der Waals surface area (Å²) in [7, 11) is 0. The maximum atomic E-state index is 9.86. The van der Waals surface area contributed by atoms with E-state index in [1.165, 1.54) is 32.1 Å². The number of hydrogen-bond acceptors (Lipinski definition) is 2. The zero-order valence-electron chi connectivity index (χ0n) is 11.8. The second kappa shape index (κ2) is 3.79. The fourth-order valence-electron chi connectivity index (χ4n) is 6.19. The third-order valence-electron chi connectivity index (χ3n) is 6.64. The van der Waals surface area contributed by atoms with E-state index >= 15 is 0 Å². The molecule has 0 saturated heterocycles. The van der Waals surface area contributed by atoms with Crippen molar-refractivity contribution in [1.29, 1.82) is 0 Å². The van der Waals surface area contributed by atoms with Crippen LogP contribution in [-0.2, 0) is 11.3 Å². The molecule has 1 N–H and O–H groups in total. The van der Waals surface area contributed by atoms with Crippen LogP contribution in [0.3, 0.4) is 0 Å². The van der Waals surface area contributed by atoms with Gasteiger partial charge in [-0.3, -0.25) is 0 Å². The van der Waals surface area contributed by atoms with Gasteiger partial charge in [0.1, 0.15) is 5.75 Å². The molecule has 5 aliphatic rings. The summed E-state index contributed by atoms with van der Waals surface area (Å²) in [4.78, 5) is 0. The van der Waals surface area contributed by atoms with Crippen molar-refractivity contribution in [2.75, 3.05) is 0 Å². The summed E-state index contributed by atoms with van der Waals surface area (Å²) in [5.41, 5.74) is 1.49. The minimum atomic E-state index is 0.374. The van der Waals surface area contributed by atoms with E-state index in [0.717, 1.165) is 29.2 Å². The van der Waals surface area contributed by atoms with Crippen LogP contribution in [-0.4, -0.2) is 11.2 Å². The summed E-state index contributed by atoms with van der Waals surface area (Å²) < 4.78 is 6.28. The third kappa shape index (κ3) is 1.43. The first-order valence-electron chi connectivity index (χ1n) is 8.15. The predicted molar refractivity (Wildman–Crippen MR) is 76.2 cm³/mol. The van der Waals surface area contributed by atoms with E-state index in [9.17, 15) is 5.11 Å². The molecule has 1 aromatic carbocycles. The van der Waals surface area contributed by atoms with Gasteiger partial charge in [0.15, 0.2) is 0 Å². The molecule has 4 atom stereocenters. The SMILES string of the molecule is Oc1ccccc1COC1C2C3CC4CC(C3)CC12C4. The Labute approximate surface area is 120 Å². The van der Waals surface area contributed by atoms with Crippen LogP contribution in [0.25, 0.3) is 0 Å². The van der Waals surface area contributed by atoms with E-state index in [-0.39, 0.29) is 0 Å². The molecule has 20 heavy (non-hydrogen) atoms. The van der Waals surface area contributed by atoms with E-state index in [1.807, 2.05) is 18.2 Å². The summed E-state index contributed by atoms with van der Waals surface area (Å²) in [5.74, 6) is 4.18. The number of para-hydroxylation sites is 1. The van der Waals surface area contributed by atoms with Gasteiger partial charge in [-0.25, -0.2) is 0 Å². The highest BCUT2D eigenvalue weighted by Gasteiger charge is 2.74. The quantitative estimate of drug-likeness (QED) is 0.906. The van der Waals surface area contributed by atoms with E-state index in [0.29, 0.717) is 23.9 Å². The summed E-state index contributed by atoms with van der Waals surface area (Å²) >= 11 is 0. The van der Waals surface area contributed by atoms with Gasteiger partial charge in [0.25, 0.3) is 0 Å². The zero-order valence-corrected chi connectivity index (χ0v) is 11.8. The number of benzene rings is 1. The lowest BCUT2D eigenvalue weighted by Crippen LogP contribution is -2.39. The lowest BCUT2D eigenvalue weighted by molar-refractivity contribution is 0.00340. The first kappa shape index (κ1) is 11.6. The van der Waals surface area contributed by atoms with E-state index in [4.69, 9.17) is 4.74 Å². The Kier molecular flexibility index (Phi) is 2.20. The molecule has 5 fully saturated rings. The highest BCUT2D eigenvalue weighted by atomic mass is 16.5. The molecule has 0 aromatic heterocycles. The lowest BCUT2D eigenvalue weighted by atomic mass is 9.56. The molecule has 5 saturated carbocycles. The maximum absolute atomic E-state index is 9.86. The van der Waals surface area contributed by atoms with Gasteiger partial charge in [0.2, 0.25) is 0 Å². The third-order valence-corrected chi connectivity index (χ3v) is 6.64. The molecule has 4 bridgehead atoms. The number of rotatable bonds is 3. The van der Waals surface area contributed by atoms with Crippen molar-refractivity contribution >= 4 is 0 Å². The average Bonchev–Trinajstić information content (AvgIpc) is 3.04. The molecule has 2 heteroatoms. The van der Waals surface area contributed by atoms with E-state index in [1.54, 1.807) is 6.07 Å². The molecule has 1 aromatic rings. The standard InChI is InChI=1S/C18H22O2/c19-15-4-2-1-3-13(15)10-20-17-16-14-6-11-5-12(7-14)9-18(16,17)8-11/h1-4,11-12,14,16-17,19H,5-10H2. The van der Waals surface area contributed by atoms with Crippen LogP contribution in [0.15, 0.2) is 24.3 Å². The number of phenols is 1. The second-order valence-electron chi connectivity index (χ2n) is 7.73. The summed E-state index contributed by atoms with van der Waals surface area (Å²) in [6, 6.07) is 7.58. The molecule has 2 nitrogen and oxygen atoms in total. The van der Waals surface area contributed by atoms with Crippen LogP contribution >= 0.6 is 0 Å². The van der Waals surface area contributed by atoms with Crippen LogP contribution in [0, 0.1) is 29.1 Å². The smallest absolute Gasteiger partial charge is 0.121 e. The fraction of sp³-hybridized carbons (Fsp3) is 0.667. The predicted octanol–water partition coefficient (Wildman–Crippen LogP) is 3.73. The molecular formula is C18H22O2. The highest BCUT2D eigenvalue weighted by molar-refractivity contribution is 5.31. The minimum absolute atomic E-state index is 0.374. The van der Waals surface area contributed by atoms with Crippen LogP contribution in [0.5, 0.6) is 5.75 Å². The molecule has 1 spiro atoms. The molecule has 106 valence electrons. The van der Waals surface area contributed by atoms with Crippen molar-refractivity contribution in [3.05, 3.63) is 29.8 Å². The Morgan fingerprint density at radius 3 is 2.60 bits per heavy atom. The summed E-state index contributed by atoms with van der Waals surface area (Å²) in [6.07, 6.45) is 7.78. The zero-order chi connectivity index (χ0) is 13.3. The van der Waals surface area contributed by atoms with Gasteiger partial charge < -0.3 is 9.84 Å². The summed E-state index contributed by atoms with van der Waals surface area (Å²) in [6.45, 7) is 0.581. The van der Waals surface area contributed by atoms with E-state index < -0.39 is 0 Å². The lowest BCUT2D eigenvalue weighted by Gasteiger charge is -2.48. The van der Waals surface area contributed by atoms with Crippen LogP contribution < -0.4 is 0 Å². The Bertz CT molecular complexity index is 538. The molecule has 0 radical (unpaired) electrons. The van der Waals surface area contributed by atoms with E-state index in [2.05, 4.69) is 0 Å². The number of ether oxygens (including phenoxy) is 1. The number of aromatic hydroxyl groups is 1. The van der Waals surface area contributed by atoms with Crippen molar-refractivity contribution in [2.45, 2.75) is 44.8 Å². The van der Waals surface area contributed by atoms with Gasteiger partial charge in [0.05, 0.1) is 12.7 Å². The first-order valence-corrected chi connectivity index (χ1v) is 8.15. The Morgan fingerprint density at radius 2 is 1.85 bits per heavy atom. The number of hydrogen-bond donors (Lipinski definition) is 1. The van der Waals surface area contributed by atoms with Crippen molar-refractivity contribution in [3.63, 3.8) is 0 Å². The number of phenolic OH excluding ortho intramolecular Hbond substituents is 1. The van der Waals surface area contributed by atoms with Gasteiger partial charge in [0, 0.05) is 11.0 Å². The average molecular weight is 270 g/mol. The molecule has 4 unspecified atom stereocenters. The Morgan fingerprint density at radius 1 is 1.10 bits per heavy atom. The first-order chi connectivity index (χ1) is 9.76. The van der Waals surface area contributed by atoms with Gasteiger partial charge >= 0.3 is 0 Å². The topological polar surface area (TPSA) is 29.5 Å².